The van der Waals surface area contributed by atoms with Gasteiger partial charge in [-0.1, -0.05) is 19.9 Å². The second-order valence-corrected chi connectivity index (χ2v) is 5.49. The van der Waals surface area contributed by atoms with Gasteiger partial charge < -0.3 is 19.5 Å². The van der Waals surface area contributed by atoms with Gasteiger partial charge in [0, 0.05) is 12.6 Å². The van der Waals surface area contributed by atoms with Crippen molar-refractivity contribution in [3.8, 4) is 17.4 Å². The number of fused-ring (bicyclic) bond motifs is 1. The molecule has 1 N–H and O–H groups in total. The van der Waals surface area contributed by atoms with Crippen LogP contribution in [0.15, 0.2) is 30.6 Å². The van der Waals surface area contributed by atoms with Crippen LogP contribution in [-0.4, -0.2) is 23.4 Å². The van der Waals surface area contributed by atoms with Gasteiger partial charge in [-0.3, -0.25) is 0 Å². The Hall–Kier alpha value is -2.50. The summed E-state index contributed by atoms with van der Waals surface area (Å²) in [6.07, 6.45) is 1.50. The molecule has 0 saturated heterocycles. The first kappa shape index (κ1) is 14.4. The fraction of sp³-hybridized carbons (Fsp3) is 0.375. The third kappa shape index (κ3) is 3.58. The van der Waals surface area contributed by atoms with Crippen LogP contribution < -0.4 is 19.5 Å². The lowest BCUT2D eigenvalue weighted by atomic mass is 10.2. The molecule has 0 unspecified atom stereocenters. The molecule has 3 rings (SSSR count). The standard InChI is InChI=1S/C16H19N3O3/c1-11(2)8-20-16-6-15(18-9-19-16)17-7-12-3-4-13-14(5-12)22-10-21-13/h3-6,9,11H,7-8,10H2,1-2H3,(H,17,18,19). The van der Waals surface area contributed by atoms with Crippen LogP contribution in [0.1, 0.15) is 19.4 Å². The first-order valence-corrected chi connectivity index (χ1v) is 7.28. The Balaban J connectivity index is 1.60. The zero-order valence-electron chi connectivity index (χ0n) is 12.7. The lowest BCUT2D eigenvalue weighted by molar-refractivity contribution is 0.174. The van der Waals surface area contributed by atoms with Crippen molar-refractivity contribution in [1.82, 2.24) is 9.97 Å². The summed E-state index contributed by atoms with van der Waals surface area (Å²) >= 11 is 0. The molecule has 0 spiro atoms. The maximum Gasteiger partial charge on any atom is 0.231 e. The van der Waals surface area contributed by atoms with Gasteiger partial charge in [-0.05, 0) is 23.6 Å². The molecular formula is C16H19N3O3. The lowest BCUT2D eigenvalue weighted by Crippen LogP contribution is -2.07. The fourth-order valence-corrected chi connectivity index (χ4v) is 2.01. The highest BCUT2D eigenvalue weighted by Gasteiger charge is 2.13. The Morgan fingerprint density at radius 1 is 1.18 bits per heavy atom. The summed E-state index contributed by atoms with van der Waals surface area (Å²) in [5, 5.41) is 3.25. The van der Waals surface area contributed by atoms with Crippen LogP contribution in [0, 0.1) is 5.92 Å². The predicted octanol–water partition coefficient (Wildman–Crippen LogP) is 2.85. The smallest absolute Gasteiger partial charge is 0.231 e. The van der Waals surface area contributed by atoms with Crippen LogP contribution in [0.3, 0.4) is 0 Å². The summed E-state index contributed by atoms with van der Waals surface area (Å²) in [5.74, 6) is 3.33. The van der Waals surface area contributed by atoms with Crippen molar-refractivity contribution in [2.75, 3.05) is 18.7 Å². The number of nitrogens with zero attached hydrogens (tertiary/aromatic N) is 2. The summed E-state index contributed by atoms with van der Waals surface area (Å²) in [6, 6.07) is 7.68. The molecular weight excluding hydrogens is 282 g/mol. The monoisotopic (exact) mass is 301 g/mol. The van der Waals surface area contributed by atoms with E-state index in [1.807, 2.05) is 18.2 Å². The molecule has 6 nitrogen and oxygen atoms in total. The normalized spacial score (nSPS) is 12.5. The third-order valence-corrected chi connectivity index (χ3v) is 3.12. The number of hydrogen-bond donors (Lipinski definition) is 1. The maximum absolute atomic E-state index is 5.59. The number of ether oxygens (including phenoxy) is 3. The van der Waals surface area contributed by atoms with E-state index in [-0.39, 0.29) is 6.79 Å². The van der Waals surface area contributed by atoms with E-state index in [1.54, 1.807) is 6.07 Å². The number of aromatic nitrogens is 2. The second-order valence-electron chi connectivity index (χ2n) is 5.49. The van der Waals surface area contributed by atoms with Crippen molar-refractivity contribution < 1.29 is 14.2 Å². The van der Waals surface area contributed by atoms with Gasteiger partial charge in [0.2, 0.25) is 12.7 Å². The van der Waals surface area contributed by atoms with Gasteiger partial charge in [-0.25, -0.2) is 9.97 Å². The number of hydrogen-bond acceptors (Lipinski definition) is 6. The molecule has 0 fully saturated rings. The Kier molecular flexibility index (Phi) is 4.27. The topological polar surface area (TPSA) is 65.5 Å². The maximum atomic E-state index is 5.59. The minimum atomic E-state index is 0.286. The molecule has 1 aliphatic rings. The molecule has 2 aromatic rings. The summed E-state index contributed by atoms with van der Waals surface area (Å²) < 4.78 is 16.3. The lowest BCUT2D eigenvalue weighted by Gasteiger charge is -2.10. The molecule has 0 atom stereocenters. The molecule has 0 amide bonds. The Labute approximate surface area is 129 Å². The zero-order chi connectivity index (χ0) is 15.4. The summed E-state index contributed by atoms with van der Waals surface area (Å²) in [7, 11) is 0. The molecule has 0 bridgehead atoms. The van der Waals surface area contributed by atoms with E-state index in [0.717, 1.165) is 22.9 Å². The largest absolute Gasteiger partial charge is 0.477 e. The van der Waals surface area contributed by atoms with Gasteiger partial charge >= 0.3 is 0 Å². The van der Waals surface area contributed by atoms with E-state index in [1.165, 1.54) is 6.33 Å². The van der Waals surface area contributed by atoms with Crippen LogP contribution in [0.4, 0.5) is 5.82 Å². The highest BCUT2D eigenvalue weighted by molar-refractivity contribution is 5.46. The van der Waals surface area contributed by atoms with Crippen LogP contribution in [0.5, 0.6) is 17.4 Å². The van der Waals surface area contributed by atoms with Gasteiger partial charge in [-0.15, -0.1) is 0 Å². The summed E-state index contributed by atoms with van der Waals surface area (Å²) in [4.78, 5) is 8.30. The highest BCUT2D eigenvalue weighted by Crippen LogP contribution is 2.32. The van der Waals surface area contributed by atoms with Crippen molar-refractivity contribution in [1.29, 1.82) is 0 Å². The van der Waals surface area contributed by atoms with E-state index < -0.39 is 0 Å². The first-order valence-electron chi connectivity index (χ1n) is 7.28. The van der Waals surface area contributed by atoms with E-state index in [4.69, 9.17) is 14.2 Å². The molecule has 6 heteroatoms. The molecule has 116 valence electrons. The molecule has 1 aromatic carbocycles. The Morgan fingerprint density at radius 3 is 2.91 bits per heavy atom. The minimum absolute atomic E-state index is 0.286. The molecule has 2 heterocycles. The highest BCUT2D eigenvalue weighted by atomic mass is 16.7. The van der Waals surface area contributed by atoms with Gasteiger partial charge in [0.1, 0.15) is 12.1 Å². The number of benzene rings is 1. The van der Waals surface area contributed by atoms with Gasteiger partial charge in [-0.2, -0.15) is 0 Å². The van der Waals surface area contributed by atoms with Crippen molar-refractivity contribution >= 4 is 5.82 Å². The molecule has 0 aliphatic carbocycles. The molecule has 1 aromatic heterocycles. The van der Waals surface area contributed by atoms with Crippen LogP contribution in [-0.2, 0) is 6.54 Å². The minimum Gasteiger partial charge on any atom is -0.477 e. The van der Waals surface area contributed by atoms with Gasteiger partial charge in [0.25, 0.3) is 0 Å². The number of anilines is 1. The second kappa shape index (κ2) is 6.51. The van der Waals surface area contributed by atoms with Crippen molar-refractivity contribution in [2.45, 2.75) is 20.4 Å². The molecule has 22 heavy (non-hydrogen) atoms. The SMILES string of the molecule is CC(C)COc1cc(NCc2ccc3c(c2)OCO3)ncn1. The Bertz CT molecular complexity index is 646. The summed E-state index contributed by atoms with van der Waals surface area (Å²) in [5.41, 5.74) is 1.09. The van der Waals surface area contributed by atoms with Crippen LogP contribution >= 0.6 is 0 Å². The van der Waals surface area contributed by atoms with E-state index in [0.29, 0.717) is 24.9 Å². The predicted molar refractivity (Wildman–Crippen MR) is 82.3 cm³/mol. The van der Waals surface area contributed by atoms with E-state index in [2.05, 4.69) is 29.1 Å². The third-order valence-electron chi connectivity index (χ3n) is 3.12. The van der Waals surface area contributed by atoms with Crippen molar-refractivity contribution in [3.05, 3.63) is 36.2 Å². The van der Waals surface area contributed by atoms with Crippen molar-refractivity contribution in [2.24, 2.45) is 5.92 Å². The van der Waals surface area contributed by atoms with Crippen LogP contribution in [0.25, 0.3) is 0 Å². The zero-order valence-corrected chi connectivity index (χ0v) is 12.7. The summed E-state index contributed by atoms with van der Waals surface area (Å²) in [6.45, 7) is 5.75. The fourth-order valence-electron chi connectivity index (χ4n) is 2.01. The molecule has 0 radical (unpaired) electrons. The molecule has 0 saturated carbocycles. The van der Waals surface area contributed by atoms with Crippen molar-refractivity contribution in [3.63, 3.8) is 0 Å². The average molecular weight is 301 g/mol. The van der Waals surface area contributed by atoms with E-state index in [9.17, 15) is 0 Å². The van der Waals surface area contributed by atoms with E-state index >= 15 is 0 Å². The van der Waals surface area contributed by atoms with Crippen LogP contribution in [0.2, 0.25) is 0 Å². The van der Waals surface area contributed by atoms with Gasteiger partial charge in [0.15, 0.2) is 11.5 Å². The first-order chi connectivity index (χ1) is 10.7. The Morgan fingerprint density at radius 2 is 2.05 bits per heavy atom. The molecule has 1 aliphatic heterocycles. The number of nitrogens with one attached hydrogen (secondary N) is 1. The average Bonchev–Trinajstić information content (AvgIpc) is 2.99. The van der Waals surface area contributed by atoms with Gasteiger partial charge in [0.05, 0.1) is 6.61 Å². The quantitative estimate of drug-likeness (QED) is 0.885. The number of rotatable bonds is 6.